The number of hydrogen-bond acceptors (Lipinski definition) is 4. The smallest absolute Gasteiger partial charge is 0.222 e. The zero-order valence-electron chi connectivity index (χ0n) is 46.5. The van der Waals surface area contributed by atoms with Gasteiger partial charge in [-0.25, -0.2) is 0 Å². The first-order valence-corrected chi connectivity index (χ1v) is 31.5. The van der Waals surface area contributed by atoms with E-state index in [2.05, 4.69) is 19.2 Å². The van der Waals surface area contributed by atoms with Crippen molar-refractivity contribution in [2.45, 2.75) is 379 Å². The monoisotopic (exact) mass is 960 g/mol. The zero-order valence-corrected chi connectivity index (χ0v) is 46.5. The molecule has 406 valence electrons. The van der Waals surface area contributed by atoms with Gasteiger partial charge in [-0.15, -0.1) is 0 Å². The van der Waals surface area contributed by atoms with Crippen LogP contribution in [0.4, 0.5) is 0 Å². The number of carbonyl (C=O) groups excluding carboxylic acids is 1. The van der Waals surface area contributed by atoms with Gasteiger partial charge in [-0.05, 0) is 19.3 Å². The quantitative estimate of drug-likeness (QED) is 0.0361. The molecule has 0 spiro atoms. The van der Waals surface area contributed by atoms with E-state index in [1.807, 2.05) is 6.08 Å². The first-order chi connectivity index (χ1) is 33.5. The molecule has 0 fully saturated rings. The summed E-state index contributed by atoms with van der Waals surface area (Å²) in [5.41, 5.74) is 0. The molecule has 5 heteroatoms. The minimum atomic E-state index is -0.926. The van der Waals surface area contributed by atoms with Crippen LogP contribution in [-0.4, -0.2) is 46.1 Å². The van der Waals surface area contributed by atoms with Gasteiger partial charge >= 0.3 is 0 Å². The van der Waals surface area contributed by atoms with E-state index in [1.165, 1.54) is 308 Å². The molecule has 0 aliphatic carbocycles. The molecule has 0 aromatic carbocycles. The Morgan fingerprint density at radius 2 is 0.603 bits per heavy atom. The van der Waals surface area contributed by atoms with Crippen LogP contribution in [-0.2, 0) is 4.79 Å². The molecule has 0 aromatic heterocycles. The van der Waals surface area contributed by atoms with Crippen molar-refractivity contribution < 1.29 is 20.1 Å². The van der Waals surface area contributed by atoms with Crippen molar-refractivity contribution in [2.75, 3.05) is 6.61 Å². The lowest BCUT2D eigenvalue weighted by atomic mass is 10.0. The van der Waals surface area contributed by atoms with E-state index in [4.69, 9.17) is 0 Å². The summed E-state index contributed by atoms with van der Waals surface area (Å²) in [6, 6.07) is -0.741. The second-order valence-corrected chi connectivity index (χ2v) is 22.0. The van der Waals surface area contributed by atoms with Crippen molar-refractivity contribution in [3.8, 4) is 0 Å². The third-order valence-electron chi connectivity index (χ3n) is 15.1. The van der Waals surface area contributed by atoms with Gasteiger partial charge in [0.25, 0.3) is 0 Å². The molecule has 0 rings (SSSR count). The van der Waals surface area contributed by atoms with Crippen LogP contribution in [0.5, 0.6) is 0 Å². The van der Waals surface area contributed by atoms with Crippen LogP contribution in [0.2, 0.25) is 0 Å². The van der Waals surface area contributed by atoms with Gasteiger partial charge in [0.05, 0.1) is 31.3 Å². The van der Waals surface area contributed by atoms with Crippen molar-refractivity contribution in [1.29, 1.82) is 0 Å². The summed E-state index contributed by atoms with van der Waals surface area (Å²) in [6.45, 7) is 4.25. The Morgan fingerprint density at radius 3 is 0.853 bits per heavy atom. The third kappa shape index (κ3) is 54.4. The van der Waals surface area contributed by atoms with E-state index in [0.717, 1.165) is 25.7 Å². The molecule has 0 heterocycles. The van der Waals surface area contributed by atoms with E-state index < -0.39 is 18.2 Å². The molecule has 68 heavy (non-hydrogen) atoms. The Balaban J connectivity index is 3.42. The molecule has 5 nitrogen and oxygen atoms in total. The maximum absolute atomic E-state index is 12.5. The maximum atomic E-state index is 12.5. The minimum Gasteiger partial charge on any atom is -0.394 e. The third-order valence-corrected chi connectivity index (χ3v) is 15.1. The number of nitrogens with one attached hydrogen (secondary N) is 1. The summed E-state index contributed by atoms with van der Waals surface area (Å²) in [4.78, 5) is 12.5. The second-order valence-electron chi connectivity index (χ2n) is 22.0. The molecule has 0 aliphatic heterocycles. The van der Waals surface area contributed by atoms with Gasteiger partial charge in [0.15, 0.2) is 0 Å². The number of aliphatic hydroxyl groups is 3. The van der Waals surface area contributed by atoms with Gasteiger partial charge in [-0.3, -0.25) is 4.79 Å². The highest BCUT2D eigenvalue weighted by Gasteiger charge is 2.20. The SMILES string of the molecule is CCCCCCCCCCCCCCCC/C=C/C(O)C(CO)NC(=O)CC(O)CCCCCCCCCCCCCCCCCCCCCCCCCCCCCCCCCCCCCCC. The largest absolute Gasteiger partial charge is 0.394 e. The van der Waals surface area contributed by atoms with Crippen LogP contribution < -0.4 is 5.32 Å². The van der Waals surface area contributed by atoms with Crippen LogP contribution in [0.1, 0.15) is 361 Å². The summed E-state index contributed by atoms with van der Waals surface area (Å²) >= 11 is 0. The molecule has 0 radical (unpaired) electrons. The van der Waals surface area contributed by atoms with Crippen molar-refractivity contribution >= 4 is 5.91 Å². The summed E-state index contributed by atoms with van der Waals surface area (Å²) in [5.74, 6) is -0.308. The normalized spacial score (nSPS) is 13.2. The highest BCUT2D eigenvalue weighted by atomic mass is 16.3. The van der Waals surface area contributed by atoms with Gasteiger partial charge < -0.3 is 20.6 Å². The standard InChI is InChI=1S/C63H125NO4/c1-3-5-7-9-11-13-15-17-19-21-22-23-24-25-26-27-28-29-30-31-32-33-34-35-36-37-38-39-40-41-42-44-46-48-50-52-54-56-60(66)58-63(68)64-61(59-65)62(67)57-55-53-51-49-47-45-43-20-18-16-14-12-10-8-6-4-2/h55,57,60-62,65-67H,3-54,56,58-59H2,1-2H3,(H,64,68)/b57-55+. The molecule has 0 saturated carbocycles. The topological polar surface area (TPSA) is 89.8 Å². The van der Waals surface area contributed by atoms with Gasteiger partial charge in [-0.1, -0.05) is 347 Å². The molecule has 3 atom stereocenters. The van der Waals surface area contributed by atoms with Gasteiger partial charge in [-0.2, -0.15) is 0 Å². The van der Waals surface area contributed by atoms with Crippen molar-refractivity contribution in [2.24, 2.45) is 0 Å². The molecule has 0 bridgehead atoms. The average molecular weight is 961 g/mol. The predicted octanol–water partition coefficient (Wildman–Crippen LogP) is 19.8. The summed E-state index contributed by atoms with van der Waals surface area (Å²) < 4.78 is 0. The highest BCUT2D eigenvalue weighted by Crippen LogP contribution is 2.19. The Bertz CT molecular complexity index is 971. The number of aliphatic hydroxyl groups excluding tert-OH is 3. The van der Waals surface area contributed by atoms with Crippen molar-refractivity contribution in [3.05, 3.63) is 12.2 Å². The van der Waals surface area contributed by atoms with Crippen LogP contribution in [0.25, 0.3) is 0 Å². The van der Waals surface area contributed by atoms with Gasteiger partial charge in [0, 0.05) is 0 Å². The van der Waals surface area contributed by atoms with Crippen LogP contribution in [0.15, 0.2) is 12.2 Å². The Labute approximate surface area is 427 Å². The number of rotatable bonds is 59. The van der Waals surface area contributed by atoms with E-state index in [9.17, 15) is 20.1 Å². The fraction of sp³-hybridized carbons (Fsp3) is 0.952. The maximum Gasteiger partial charge on any atom is 0.222 e. The molecule has 0 saturated heterocycles. The number of carbonyl (C=O) groups is 1. The first-order valence-electron chi connectivity index (χ1n) is 31.5. The number of unbranched alkanes of at least 4 members (excludes halogenated alkanes) is 50. The lowest BCUT2D eigenvalue weighted by molar-refractivity contribution is -0.124. The molecule has 0 aromatic rings. The van der Waals surface area contributed by atoms with Crippen LogP contribution >= 0.6 is 0 Å². The Hall–Kier alpha value is -0.910. The molecule has 4 N–H and O–H groups in total. The van der Waals surface area contributed by atoms with E-state index >= 15 is 0 Å². The zero-order chi connectivity index (χ0) is 49.3. The van der Waals surface area contributed by atoms with Crippen molar-refractivity contribution in [3.63, 3.8) is 0 Å². The van der Waals surface area contributed by atoms with E-state index in [1.54, 1.807) is 6.08 Å². The summed E-state index contributed by atoms with van der Waals surface area (Å²) in [6.07, 6.45) is 74.5. The Kier molecular flexibility index (Phi) is 57.9. The lowest BCUT2D eigenvalue weighted by Crippen LogP contribution is -2.45. The summed E-state index contributed by atoms with van der Waals surface area (Å²) in [7, 11) is 0. The first kappa shape index (κ1) is 67.1. The number of hydrogen-bond donors (Lipinski definition) is 4. The molecule has 3 unspecified atom stereocenters. The average Bonchev–Trinajstić information content (AvgIpc) is 3.33. The number of amides is 1. The van der Waals surface area contributed by atoms with E-state index in [0.29, 0.717) is 6.42 Å². The van der Waals surface area contributed by atoms with Gasteiger partial charge in [0.2, 0.25) is 5.91 Å². The highest BCUT2D eigenvalue weighted by molar-refractivity contribution is 5.76. The summed E-state index contributed by atoms with van der Waals surface area (Å²) in [5, 5.41) is 33.5. The molecule has 1 amide bonds. The fourth-order valence-corrected chi connectivity index (χ4v) is 10.3. The van der Waals surface area contributed by atoms with Crippen molar-refractivity contribution in [1.82, 2.24) is 5.32 Å². The van der Waals surface area contributed by atoms with Gasteiger partial charge in [0.1, 0.15) is 0 Å². The molecule has 0 aliphatic rings. The molecular weight excluding hydrogens is 835 g/mol. The number of allylic oxidation sites excluding steroid dienone is 1. The van der Waals surface area contributed by atoms with Crippen LogP contribution in [0, 0.1) is 0 Å². The fourth-order valence-electron chi connectivity index (χ4n) is 10.3. The molecular formula is C63H125NO4. The predicted molar refractivity (Wildman–Crippen MR) is 301 cm³/mol. The van der Waals surface area contributed by atoms with Crippen LogP contribution in [0.3, 0.4) is 0 Å². The minimum absolute atomic E-state index is 0.0195. The second kappa shape index (κ2) is 58.7. The Morgan fingerprint density at radius 1 is 0.368 bits per heavy atom. The lowest BCUT2D eigenvalue weighted by Gasteiger charge is -2.21. The van der Waals surface area contributed by atoms with E-state index in [-0.39, 0.29) is 18.9 Å².